The molecule has 8 heavy (non-hydrogen) atoms. The zero-order valence-corrected chi connectivity index (χ0v) is 7.47. The molecule has 0 aliphatic heterocycles. The molecule has 0 aromatic heterocycles. The molecule has 1 atom stereocenters. The molecule has 0 bridgehead atoms. The maximum absolute atomic E-state index is 2.23. The third-order valence-electron chi connectivity index (χ3n) is 1.14. The minimum atomic E-state index is 0.630. The van der Waals surface area contributed by atoms with Crippen molar-refractivity contribution in [2.45, 2.75) is 12.3 Å². The summed E-state index contributed by atoms with van der Waals surface area (Å²) >= 11 is 3.63. The molecule has 0 radical (unpaired) electrons. The van der Waals surface area contributed by atoms with E-state index in [1.165, 1.54) is 0 Å². The summed E-state index contributed by atoms with van der Waals surface area (Å²) in [6.45, 7) is 2.20. The van der Waals surface area contributed by atoms with Crippen LogP contribution in [0.25, 0.3) is 0 Å². The van der Waals surface area contributed by atoms with Gasteiger partial charge in [0.2, 0.25) is 0 Å². The molecule has 0 saturated carbocycles. The highest BCUT2D eigenvalue weighted by atomic mass is 32.2. The summed E-state index contributed by atoms with van der Waals surface area (Å²) in [7, 11) is 2.10. The lowest BCUT2D eigenvalue weighted by Crippen LogP contribution is -2.17. The Morgan fingerprint density at radius 3 is 2.00 bits per heavy atom. The van der Waals surface area contributed by atoms with Gasteiger partial charge >= 0.3 is 0 Å². The van der Waals surface area contributed by atoms with Crippen LogP contribution in [-0.2, 0) is 0 Å². The van der Waals surface area contributed by atoms with Gasteiger partial charge < -0.3 is 0 Å². The minimum Gasteiger partial charge on any atom is -0.241 e. The van der Waals surface area contributed by atoms with Crippen LogP contribution in [0, 0.1) is 0 Å². The number of rotatable bonds is 3. The number of hydrogen-bond donors (Lipinski definition) is 0. The first-order valence-corrected chi connectivity index (χ1v) is 4.99. The Hall–Kier alpha value is 0.660. The molecule has 0 aliphatic rings. The van der Waals surface area contributed by atoms with Gasteiger partial charge in [0.1, 0.15) is 0 Å². The van der Waals surface area contributed by atoms with Gasteiger partial charge in [-0.3, -0.25) is 0 Å². The van der Waals surface area contributed by atoms with E-state index in [1.807, 2.05) is 11.8 Å². The van der Waals surface area contributed by atoms with Gasteiger partial charge in [0, 0.05) is 0 Å². The Labute approximate surface area is 60.3 Å². The van der Waals surface area contributed by atoms with Crippen LogP contribution < -0.4 is 0 Å². The molecule has 50 valence electrons. The normalized spacial score (nSPS) is 14.6. The van der Waals surface area contributed by atoms with E-state index in [0.29, 0.717) is 5.37 Å². The summed E-state index contributed by atoms with van der Waals surface area (Å²) in [5.74, 6) is 0. The van der Waals surface area contributed by atoms with Crippen molar-refractivity contribution in [3.63, 3.8) is 0 Å². The zero-order chi connectivity index (χ0) is 6.57. The molecule has 0 rings (SSSR count). The molecule has 0 amide bonds. The van der Waals surface area contributed by atoms with E-state index >= 15 is 0 Å². The molecule has 0 N–H and O–H groups in total. The summed E-state index contributed by atoms with van der Waals surface area (Å²) in [6.07, 6.45) is 4.21. The van der Waals surface area contributed by atoms with E-state index in [9.17, 15) is 0 Å². The van der Waals surface area contributed by atoms with Crippen molar-refractivity contribution in [1.29, 1.82) is 0 Å². The quantitative estimate of drug-likeness (QED) is 0.448. The van der Waals surface area contributed by atoms with Crippen molar-refractivity contribution >= 4 is 23.7 Å². The molecule has 1 nitrogen and oxygen atoms in total. The maximum atomic E-state index is 2.23. The van der Waals surface area contributed by atoms with Gasteiger partial charge in [-0.2, -0.15) is 0 Å². The van der Waals surface area contributed by atoms with E-state index < -0.39 is 0 Å². The average Bonchev–Trinajstić information content (AvgIpc) is 1.84. The SMILES string of the molecule is CSC(C)N(C)SC. The number of thioether (sulfide) groups is 1. The van der Waals surface area contributed by atoms with Crippen molar-refractivity contribution in [3.8, 4) is 0 Å². The molecular formula is C5H13NS2. The molecule has 0 aromatic carbocycles. The van der Waals surface area contributed by atoms with E-state index in [4.69, 9.17) is 0 Å². The third-order valence-corrected chi connectivity index (χ3v) is 3.17. The fourth-order valence-electron chi connectivity index (χ4n) is 0.297. The standard InChI is InChI=1S/C5H13NS2/c1-5(7-3)6(2)8-4/h5H,1-4H3. The average molecular weight is 151 g/mol. The predicted molar refractivity (Wildman–Crippen MR) is 44.3 cm³/mol. The van der Waals surface area contributed by atoms with Gasteiger partial charge in [0.25, 0.3) is 0 Å². The first kappa shape index (κ1) is 8.66. The summed E-state index contributed by atoms with van der Waals surface area (Å²) in [6, 6.07) is 0. The van der Waals surface area contributed by atoms with Gasteiger partial charge in [-0.1, -0.05) is 11.9 Å². The van der Waals surface area contributed by atoms with Crippen LogP contribution in [0.3, 0.4) is 0 Å². The molecule has 1 unspecified atom stereocenters. The van der Waals surface area contributed by atoms with Gasteiger partial charge in [-0.05, 0) is 26.5 Å². The lowest BCUT2D eigenvalue weighted by molar-refractivity contribution is 0.564. The highest BCUT2D eigenvalue weighted by Crippen LogP contribution is 2.15. The van der Waals surface area contributed by atoms with Gasteiger partial charge in [-0.15, -0.1) is 11.8 Å². The van der Waals surface area contributed by atoms with Crippen molar-refractivity contribution in [2.75, 3.05) is 19.6 Å². The van der Waals surface area contributed by atoms with Crippen LogP contribution in [-0.4, -0.2) is 29.2 Å². The van der Waals surface area contributed by atoms with Crippen molar-refractivity contribution in [1.82, 2.24) is 4.31 Å². The van der Waals surface area contributed by atoms with E-state index in [2.05, 4.69) is 30.8 Å². The molecule has 0 heterocycles. The van der Waals surface area contributed by atoms with Gasteiger partial charge in [0.05, 0.1) is 5.37 Å². The monoisotopic (exact) mass is 151 g/mol. The topological polar surface area (TPSA) is 3.24 Å². The van der Waals surface area contributed by atoms with Gasteiger partial charge in [0.15, 0.2) is 0 Å². The molecular weight excluding hydrogens is 138 g/mol. The van der Waals surface area contributed by atoms with Crippen LogP contribution >= 0.6 is 23.7 Å². The van der Waals surface area contributed by atoms with Gasteiger partial charge in [-0.25, -0.2) is 4.31 Å². The molecule has 0 aromatic rings. The van der Waals surface area contributed by atoms with Crippen LogP contribution in [0.4, 0.5) is 0 Å². The predicted octanol–water partition coefficient (Wildman–Crippen LogP) is 1.91. The molecule has 3 heteroatoms. The number of nitrogens with zero attached hydrogens (tertiary/aromatic N) is 1. The second kappa shape index (κ2) is 4.53. The fraction of sp³-hybridized carbons (Fsp3) is 1.00. The lowest BCUT2D eigenvalue weighted by Gasteiger charge is -2.18. The third kappa shape index (κ3) is 2.84. The second-order valence-electron chi connectivity index (χ2n) is 1.56. The molecule has 0 spiro atoms. The highest BCUT2D eigenvalue weighted by molar-refractivity contribution is 8.01. The zero-order valence-electron chi connectivity index (χ0n) is 5.84. The Morgan fingerprint density at radius 2 is 1.88 bits per heavy atom. The molecule has 0 fully saturated rings. The van der Waals surface area contributed by atoms with Crippen LogP contribution in [0.15, 0.2) is 0 Å². The van der Waals surface area contributed by atoms with Crippen LogP contribution in [0.2, 0.25) is 0 Å². The lowest BCUT2D eigenvalue weighted by atomic mass is 10.8. The summed E-state index contributed by atoms with van der Waals surface area (Å²) in [5.41, 5.74) is 0. The molecule has 0 saturated heterocycles. The summed E-state index contributed by atoms with van der Waals surface area (Å²) in [4.78, 5) is 0. The van der Waals surface area contributed by atoms with Crippen molar-refractivity contribution < 1.29 is 0 Å². The first-order valence-electron chi connectivity index (χ1n) is 2.52. The fourth-order valence-corrected chi connectivity index (χ4v) is 1.41. The van der Waals surface area contributed by atoms with Crippen LogP contribution in [0.1, 0.15) is 6.92 Å². The van der Waals surface area contributed by atoms with Crippen LogP contribution in [0.5, 0.6) is 0 Å². The van der Waals surface area contributed by atoms with E-state index in [0.717, 1.165) is 0 Å². The Kier molecular flexibility index (Phi) is 4.90. The Morgan fingerprint density at radius 1 is 1.38 bits per heavy atom. The maximum Gasteiger partial charge on any atom is 0.0621 e. The molecule has 0 aliphatic carbocycles. The Balaban J connectivity index is 3.29. The summed E-state index contributed by atoms with van der Waals surface area (Å²) < 4.78 is 2.23. The summed E-state index contributed by atoms with van der Waals surface area (Å²) in [5, 5.41) is 0.630. The van der Waals surface area contributed by atoms with Crippen molar-refractivity contribution in [3.05, 3.63) is 0 Å². The Bertz CT molecular complexity index is 50.4. The van der Waals surface area contributed by atoms with E-state index in [-0.39, 0.29) is 0 Å². The second-order valence-corrected chi connectivity index (χ2v) is 3.66. The number of hydrogen-bond acceptors (Lipinski definition) is 3. The largest absolute Gasteiger partial charge is 0.241 e. The van der Waals surface area contributed by atoms with E-state index in [1.54, 1.807) is 11.9 Å². The van der Waals surface area contributed by atoms with Crippen molar-refractivity contribution in [2.24, 2.45) is 0 Å². The highest BCUT2D eigenvalue weighted by Gasteiger charge is 2.02. The first-order chi connectivity index (χ1) is 3.72. The smallest absolute Gasteiger partial charge is 0.0621 e. The minimum absolute atomic E-state index is 0.630.